The zero-order valence-electron chi connectivity index (χ0n) is 16.3. The van der Waals surface area contributed by atoms with E-state index in [2.05, 4.69) is 15.6 Å². The quantitative estimate of drug-likeness (QED) is 0.252. The van der Waals surface area contributed by atoms with Crippen molar-refractivity contribution in [3.05, 3.63) is 29.6 Å². The largest absolute Gasteiger partial charge is 0.490 e. The molecule has 2 rings (SSSR count). The van der Waals surface area contributed by atoms with Crippen LogP contribution in [0.15, 0.2) is 23.2 Å². The Kier molecular flexibility index (Phi) is 9.82. The molecule has 27 heavy (non-hydrogen) atoms. The van der Waals surface area contributed by atoms with Crippen LogP contribution >= 0.6 is 24.0 Å². The SMILES string of the molecule is CN=C(NCC(C)C(=O)OC)NC(C)c1ccc(OCC2CC2)c(F)c1.I. The molecule has 8 heteroatoms. The van der Waals surface area contributed by atoms with Crippen LogP contribution in [0.5, 0.6) is 5.75 Å². The summed E-state index contributed by atoms with van der Waals surface area (Å²) in [7, 11) is 3.00. The summed E-state index contributed by atoms with van der Waals surface area (Å²) in [6, 6.07) is 4.82. The van der Waals surface area contributed by atoms with Gasteiger partial charge in [0.05, 0.1) is 25.7 Å². The molecule has 0 aromatic heterocycles. The van der Waals surface area contributed by atoms with E-state index in [9.17, 15) is 9.18 Å². The van der Waals surface area contributed by atoms with Crippen LogP contribution in [0.2, 0.25) is 0 Å². The number of nitrogens with one attached hydrogen (secondary N) is 2. The fourth-order valence-electron chi connectivity index (χ4n) is 2.41. The van der Waals surface area contributed by atoms with Gasteiger partial charge in [-0.2, -0.15) is 0 Å². The van der Waals surface area contributed by atoms with Crippen LogP contribution in [0.25, 0.3) is 0 Å². The van der Waals surface area contributed by atoms with Crippen molar-refractivity contribution in [3.8, 4) is 5.75 Å². The Labute approximate surface area is 177 Å². The van der Waals surface area contributed by atoms with Crippen LogP contribution in [0.4, 0.5) is 4.39 Å². The maximum absolute atomic E-state index is 14.2. The molecule has 1 aliphatic rings. The summed E-state index contributed by atoms with van der Waals surface area (Å²) in [5.41, 5.74) is 0.783. The zero-order chi connectivity index (χ0) is 19.1. The Balaban J connectivity index is 0.00000364. The summed E-state index contributed by atoms with van der Waals surface area (Å²) < 4.78 is 24.5. The zero-order valence-corrected chi connectivity index (χ0v) is 18.6. The van der Waals surface area contributed by atoms with Crippen LogP contribution < -0.4 is 15.4 Å². The van der Waals surface area contributed by atoms with Gasteiger partial charge in [-0.15, -0.1) is 24.0 Å². The summed E-state index contributed by atoms with van der Waals surface area (Å²) in [5, 5.41) is 6.25. The number of carbonyl (C=O) groups is 1. The van der Waals surface area contributed by atoms with Gasteiger partial charge in [0, 0.05) is 13.6 Å². The second-order valence-electron chi connectivity index (χ2n) is 6.69. The summed E-state index contributed by atoms with van der Waals surface area (Å²) in [6.07, 6.45) is 2.34. The van der Waals surface area contributed by atoms with Crippen molar-refractivity contribution >= 4 is 35.9 Å². The first kappa shape index (κ1) is 23.5. The fourth-order valence-corrected chi connectivity index (χ4v) is 2.41. The van der Waals surface area contributed by atoms with Crippen LogP contribution in [-0.4, -0.2) is 39.2 Å². The van der Waals surface area contributed by atoms with Gasteiger partial charge in [-0.25, -0.2) is 4.39 Å². The number of ether oxygens (including phenoxy) is 2. The minimum absolute atomic E-state index is 0. The third kappa shape index (κ3) is 7.51. The van der Waals surface area contributed by atoms with Gasteiger partial charge >= 0.3 is 5.97 Å². The predicted octanol–water partition coefficient (Wildman–Crippen LogP) is 3.27. The molecule has 2 N–H and O–H groups in total. The fraction of sp³-hybridized carbons (Fsp3) is 0.579. The van der Waals surface area contributed by atoms with Gasteiger partial charge in [-0.05, 0) is 43.4 Å². The summed E-state index contributed by atoms with van der Waals surface area (Å²) >= 11 is 0. The van der Waals surface area contributed by atoms with E-state index in [0.29, 0.717) is 30.8 Å². The Hall–Kier alpha value is -1.58. The molecule has 152 valence electrons. The third-order valence-corrected chi connectivity index (χ3v) is 4.38. The van der Waals surface area contributed by atoms with E-state index in [1.807, 2.05) is 13.0 Å². The highest BCUT2D eigenvalue weighted by Gasteiger charge is 2.22. The lowest BCUT2D eigenvalue weighted by Gasteiger charge is -2.20. The second kappa shape index (κ2) is 11.3. The number of hydrogen-bond donors (Lipinski definition) is 2. The number of nitrogens with zero attached hydrogens (tertiary/aromatic N) is 1. The maximum Gasteiger partial charge on any atom is 0.310 e. The van der Waals surface area contributed by atoms with E-state index in [1.54, 1.807) is 20.0 Å². The Morgan fingerprint density at radius 1 is 1.37 bits per heavy atom. The van der Waals surface area contributed by atoms with Crippen molar-refractivity contribution in [2.45, 2.75) is 32.7 Å². The number of benzene rings is 1. The predicted molar refractivity (Wildman–Crippen MR) is 114 cm³/mol. The molecule has 1 aromatic rings. The molecule has 1 aliphatic carbocycles. The second-order valence-corrected chi connectivity index (χ2v) is 6.69. The van der Waals surface area contributed by atoms with Gasteiger partial charge in [0.2, 0.25) is 0 Å². The van der Waals surface area contributed by atoms with Crippen molar-refractivity contribution in [1.82, 2.24) is 10.6 Å². The normalized spacial score (nSPS) is 16.0. The number of methoxy groups -OCH3 is 1. The minimum atomic E-state index is -0.362. The molecule has 0 amide bonds. The molecular weight excluding hydrogens is 464 g/mol. The van der Waals surface area contributed by atoms with Crippen LogP contribution in [0.3, 0.4) is 0 Å². The standard InChI is InChI=1S/C19H28FN3O3.HI/c1-12(18(24)25-4)10-22-19(21-3)23-13(2)15-7-8-17(16(20)9-15)26-11-14-5-6-14;/h7-9,12-14H,5-6,10-11H2,1-4H3,(H2,21,22,23);1H. The lowest BCUT2D eigenvalue weighted by atomic mass is 10.1. The summed E-state index contributed by atoms with van der Waals surface area (Å²) in [6.45, 7) is 4.65. The monoisotopic (exact) mass is 493 g/mol. The van der Waals surface area contributed by atoms with E-state index in [1.165, 1.54) is 26.0 Å². The first-order valence-electron chi connectivity index (χ1n) is 8.91. The van der Waals surface area contributed by atoms with Gasteiger partial charge < -0.3 is 20.1 Å². The van der Waals surface area contributed by atoms with Crippen molar-refractivity contribution in [2.75, 3.05) is 27.3 Å². The molecule has 0 saturated heterocycles. The van der Waals surface area contributed by atoms with E-state index in [-0.39, 0.29) is 47.7 Å². The number of esters is 1. The number of carbonyl (C=O) groups excluding carboxylic acids is 1. The number of aliphatic imine (C=N–C) groups is 1. The molecule has 0 aliphatic heterocycles. The lowest BCUT2D eigenvalue weighted by Crippen LogP contribution is -2.41. The molecule has 1 aromatic carbocycles. The Bertz CT molecular complexity index is 653. The third-order valence-electron chi connectivity index (χ3n) is 4.38. The van der Waals surface area contributed by atoms with E-state index in [4.69, 9.17) is 9.47 Å². The molecule has 6 nitrogen and oxygen atoms in total. The molecule has 0 spiro atoms. The molecule has 1 saturated carbocycles. The highest BCUT2D eigenvalue weighted by Crippen LogP contribution is 2.30. The van der Waals surface area contributed by atoms with Crippen molar-refractivity contribution in [3.63, 3.8) is 0 Å². The van der Waals surface area contributed by atoms with Gasteiger partial charge in [0.25, 0.3) is 0 Å². The van der Waals surface area contributed by atoms with E-state index < -0.39 is 0 Å². The Morgan fingerprint density at radius 3 is 2.63 bits per heavy atom. The number of hydrogen-bond acceptors (Lipinski definition) is 4. The van der Waals surface area contributed by atoms with Crippen molar-refractivity contribution in [1.29, 1.82) is 0 Å². The van der Waals surface area contributed by atoms with E-state index >= 15 is 0 Å². The van der Waals surface area contributed by atoms with Crippen LogP contribution in [0, 0.1) is 17.7 Å². The van der Waals surface area contributed by atoms with Crippen molar-refractivity contribution in [2.24, 2.45) is 16.8 Å². The molecule has 2 unspecified atom stereocenters. The number of rotatable bonds is 8. The first-order valence-corrected chi connectivity index (χ1v) is 8.91. The summed E-state index contributed by atoms with van der Waals surface area (Å²) in [4.78, 5) is 15.6. The van der Waals surface area contributed by atoms with Crippen molar-refractivity contribution < 1.29 is 18.7 Å². The molecule has 1 fully saturated rings. The molecule has 0 radical (unpaired) electrons. The average molecular weight is 493 g/mol. The summed E-state index contributed by atoms with van der Waals surface area (Å²) in [5.74, 6) is 0.458. The smallest absolute Gasteiger partial charge is 0.310 e. The number of guanidine groups is 1. The van der Waals surface area contributed by atoms with Gasteiger partial charge in [-0.3, -0.25) is 9.79 Å². The topological polar surface area (TPSA) is 72.0 Å². The highest BCUT2D eigenvalue weighted by atomic mass is 127. The van der Waals surface area contributed by atoms with Gasteiger partial charge in [0.15, 0.2) is 17.5 Å². The van der Waals surface area contributed by atoms with E-state index in [0.717, 1.165) is 5.56 Å². The van der Waals surface area contributed by atoms with Gasteiger partial charge in [-0.1, -0.05) is 13.0 Å². The molecule has 0 heterocycles. The average Bonchev–Trinajstić information content (AvgIpc) is 3.47. The number of halogens is 2. The van der Waals surface area contributed by atoms with Crippen LogP contribution in [0.1, 0.15) is 38.3 Å². The minimum Gasteiger partial charge on any atom is -0.490 e. The molecule has 0 bridgehead atoms. The Morgan fingerprint density at radius 2 is 2.07 bits per heavy atom. The first-order chi connectivity index (χ1) is 12.4. The lowest BCUT2D eigenvalue weighted by molar-refractivity contribution is -0.144. The van der Waals surface area contributed by atoms with Crippen LogP contribution in [-0.2, 0) is 9.53 Å². The molecule has 2 atom stereocenters. The highest BCUT2D eigenvalue weighted by molar-refractivity contribution is 14.0. The maximum atomic E-state index is 14.2. The van der Waals surface area contributed by atoms with Gasteiger partial charge in [0.1, 0.15) is 0 Å². The molecular formula is C19H29FIN3O3.